The summed E-state index contributed by atoms with van der Waals surface area (Å²) in [6.07, 6.45) is 3.99. The number of nitro benzene ring substituents is 1. The van der Waals surface area contributed by atoms with Crippen molar-refractivity contribution in [2.45, 2.75) is 6.92 Å². The van der Waals surface area contributed by atoms with Crippen molar-refractivity contribution in [1.29, 1.82) is 0 Å². The zero-order valence-electron chi connectivity index (χ0n) is 13.4. The summed E-state index contributed by atoms with van der Waals surface area (Å²) in [4.78, 5) is 14.8. The Balaban J connectivity index is 2.02. The van der Waals surface area contributed by atoms with E-state index >= 15 is 0 Å². The van der Waals surface area contributed by atoms with Gasteiger partial charge in [0.2, 0.25) is 0 Å². The van der Waals surface area contributed by atoms with Gasteiger partial charge in [-0.25, -0.2) is 0 Å². The lowest BCUT2D eigenvalue weighted by molar-refractivity contribution is -0.384. The molecule has 0 spiro atoms. The molecule has 2 rings (SSSR count). The van der Waals surface area contributed by atoms with Crippen molar-refractivity contribution in [2.75, 3.05) is 45.3 Å². The van der Waals surface area contributed by atoms with Gasteiger partial charge < -0.3 is 25.0 Å². The van der Waals surface area contributed by atoms with Gasteiger partial charge >= 0.3 is 0 Å². The molecule has 0 aromatic heterocycles. The summed E-state index contributed by atoms with van der Waals surface area (Å²) in [6, 6.07) is 3.10. The predicted molar refractivity (Wildman–Crippen MR) is 87.4 cm³/mol. The van der Waals surface area contributed by atoms with Crippen molar-refractivity contribution in [3.63, 3.8) is 0 Å². The maximum Gasteiger partial charge on any atom is 0.292 e. The second-order valence-electron chi connectivity index (χ2n) is 5.40. The van der Waals surface area contributed by atoms with Gasteiger partial charge in [0.1, 0.15) is 18.0 Å². The number of hydrogen-bond acceptors (Lipinski definition) is 7. The van der Waals surface area contributed by atoms with Crippen LogP contribution < -0.4 is 10.1 Å². The molecule has 1 aromatic rings. The number of nitrogens with one attached hydrogen (secondary N) is 1. The lowest BCUT2D eigenvalue weighted by Crippen LogP contribution is -2.26. The first-order valence-corrected chi connectivity index (χ1v) is 7.40. The molecule has 0 amide bonds. The summed E-state index contributed by atoms with van der Waals surface area (Å²) < 4.78 is 5.77. The van der Waals surface area contributed by atoms with Gasteiger partial charge in [-0.3, -0.25) is 10.1 Å². The zero-order chi connectivity index (χ0) is 16.8. The van der Waals surface area contributed by atoms with E-state index in [1.807, 2.05) is 19.4 Å². The third-order valence-corrected chi connectivity index (χ3v) is 3.49. The van der Waals surface area contributed by atoms with Crippen molar-refractivity contribution in [3.8, 4) is 5.75 Å². The summed E-state index contributed by atoms with van der Waals surface area (Å²) in [6.45, 7) is 3.96. The van der Waals surface area contributed by atoms with E-state index in [1.54, 1.807) is 13.0 Å². The second-order valence-corrected chi connectivity index (χ2v) is 5.40. The van der Waals surface area contributed by atoms with Gasteiger partial charge in [0.15, 0.2) is 0 Å². The van der Waals surface area contributed by atoms with Crippen LogP contribution in [0, 0.1) is 17.0 Å². The molecular weight excluding hydrogens is 300 g/mol. The van der Waals surface area contributed by atoms with E-state index in [4.69, 9.17) is 9.84 Å². The molecule has 0 aliphatic carbocycles. The van der Waals surface area contributed by atoms with Crippen LogP contribution in [0.15, 0.2) is 24.5 Å². The zero-order valence-corrected chi connectivity index (χ0v) is 13.4. The van der Waals surface area contributed by atoms with Crippen LogP contribution in [0.4, 0.5) is 11.4 Å². The molecule has 1 aromatic carbocycles. The van der Waals surface area contributed by atoms with Crippen molar-refractivity contribution in [1.82, 2.24) is 9.80 Å². The normalized spacial score (nSPS) is 13.5. The molecule has 0 radical (unpaired) electrons. The minimum Gasteiger partial charge on any atom is -0.491 e. The van der Waals surface area contributed by atoms with Gasteiger partial charge in [0, 0.05) is 38.1 Å². The minimum atomic E-state index is -0.443. The van der Waals surface area contributed by atoms with Crippen LogP contribution in [0.1, 0.15) is 5.56 Å². The smallest absolute Gasteiger partial charge is 0.292 e. The highest BCUT2D eigenvalue weighted by Crippen LogP contribution is 2.32. The van der Waals surface area contributed by atoms with Gasteiger partial charge in [0.25, 0.3) is 5.69 Å². The topological polar surface area (TPSA) is 91.1 Å². The Kier molecular flexibility index (Phi) is 5.64. The van der Waals surface area contributed by atoms with Crippen LogP contribution in [-0.2, 0) is 0 Å². The molecule has 8 heteroatoms. The van der Waals surface area contributed by atoms with Crippen molar-refractivity contribution in [3.05, 3.63) is 40.2 Å². The van der Waals surface area contributed by atoms with Gasteiger partial charge in [-0.15, -0.1) is 0 Å². The Bertz CT molecular complexity index is 591. The van der Waals surface area contributed by atoms with Crippen LogP contribution in [0.25, 0.3) is 0 Å². The predicted octanol–water partition coefficient (Wildman–Crippen LogP) is 1.36. The SMILES string of the molecule is Cc1cc([N+](=O)[O-])c(NCCO)cc1OCCN1C=CN(C)C1. The van der Waals surface area contributed by atoms with Crippen LogP contribution in [0.3, 0.4) is 0 Å². The molecule has 1 aliphatic heterocycles. The fourth-order valence-electron chi connectivity index (χ4n) is 2.32. The lowest BCUT2D eigenvalue weighted by atomic mass is 10.1. The molecule has 0 atom stereocenters. The molecule has 8 nitrogen and oxygen atoms in total. The van der Waals surface area contributed by atoms with E-state index < -0.39 is 4.92 Å². The van der Waals surface area contributed by atoms with Gasteiger partial charge in [-0.1, -0.05) is 0 Å². The number of aryl methyl sites for hydroxylation is 1. The monoisotopic (exact) mass is 322 g/mol. The molecule has 0 bridgehead atoms. The second kappa shape index (κ2) is 7.68. The van der Waals surface area contributed by atoms with E-state index in [2.05, 4.69) is 15.1 Å². The molecule has 1 aliphatic rings. The molecule has 0 fully saturated rings. The van der Waals surface area contributed by atoms with E-state index in [9.17, 15) is 10.1 Å². The average molecular weight is 322 g/mol. The van der Waals surface area contributed by atoms with Crippen LogP contribution in [0.5, 0.6) is 5.75 Å². The number of ether oxygens (including phenoxy) is 1. The van der Waals surface area contributed by atoms with E-state index in [-0.39, 0.29) is 18.8 Å². The molecule has 2 N–H and O–H groups in total. The van der Waals surface area contributed by atoms with Crippen LogP contribution in [0.2, 0.25) is 0 Å². The number of anilines is 1. The summed E-state index contributed by atoms with van der Waals surface area (Å²) in [5, 5.41) is 22.8. The Hall–Kier alpha value is -2.48. The summed E-state index contributed by atoms with van der Waals surface area (Å²) in [7, 11) is 2.00. The lowest BCUT2D eigenvalue weighted by Gasteiger charge is -2.19. The molecule has 23 heavy (non-hydrogen) atoms. The van der Waals surface area contributed by atoms with Gasteiger partial charge in [-0.05, 0) is 12.5 Å². The molecule has 1 heterocycles. The van der Waals surface area contributed by atoms with Crippen molar-refractivity contribution < 1.29 is 14.8 Å². The number of nitro groups is 1. The van der Waals surface area contributed by atoms with Crippen LogP contribution >= 0.6 is 0 Å². The number of benzene rings is 1. The third-order valence-electron chi connectivity index (χ3n) is 3.49. The molecule has 0 unspecified atom stereocenters. The van der Waals surface area contributed by atoms with E-state index in [1.165, 1.54) is 6.07 Å². The Morgan fingerprint density at radius 2 is 2.22 bits per heavy atom. The molecule has 126 valence electrons. The largest absolute Gasteiger partial charge is 0.491 e. The number of aliphatic hydroxyl groups is 1. The highest BCUT2D eigenvalue weighted by atomic mass is 16.6. The Labute approximate surface area is 135 Å². The summed E-state index contributed by atoms with van der Waals surface area (Å²) in [5.41, 5.74) is 1.04. The summed E-state index contributed by atoms with van der Waals surface area (Å²) >= 11 is 0. The number of aliphatic hydroxyl groups excluding tert-OH is 1. The van der Waals surface area contributed by atoms with Gasteiger partial charge in [-0.2, -0.15) is 0 Å². The maximum atomic E-state index is 11.1. The fourth-order valence-corrected chi connectivity index (χ4v) is 2.32. The molecular formula is C15H22N4O4. The van der Waals surface area contributed by atoms with Crippen LogP contribution in [-0.4, -0.2) is 59.8 Å². The maximum absolute atomic E-state index is 11.1. The first-order valence-electron chi connectivity index (χ1n) is 7.40. The fraction of sp³-hybridized carbons (Fsp3) is 0.467. The highest BCUT2D eigenvalue weighted by molar-refractivity contribution is 5.66. The number of hydrogen-bond donors (Lipinski definition) is 2. The molecule has 0 saturated heterocycles. The molecule has 0 saturated carbocycles. The van der Waals surface area contributed by atoms with Crippen molar-refractivity contribution >= 4 is 11.4 Å². The third kappa shape index (κ3) is 4.49. The Morgan fingerprint density at radius 1 is 1.43 bits per heavy atom. The van der Waals surface area contributed by atoms with Crippen molar-refractivity contribution in [2.24, 2.45) is 0 Å². The number of rotatable bonds is 8. The number of nitrogens with zero attached hydrogens (tertiary/aromatic N) is 3. The standard InChI is InChI=1S/C15H22N4O4/c1-12-9-14(19(21)22)13(16-3-7-20)10-15(12)23-8-6-18-5-4-17(2)11-18/h4-5,9-10,16,20H,3,6-8,11H2,1-2H3. The van der Waals surface area contributed by atoms with Gasteiger partial charge in [0.05, 0.1) is 24.7 Å². The summed E-state index contributed by atoms with van der Waals surface area (Å²) in [5.74, 6) is 0.604. The Morgan fingerprint density at radius 3 is 2.83 bits per heavy atom. The quantitative estimate of drug-likeness (QED) is 0.551. The highest BCUT2D eigenvalue weighted by Gasteiger charge is 2.17. The first kappa shape index (κ1) is 16.9. The minimum absolute atomic E-state index is 0.0209. The van der Waals surface area contributed by atoms with E-state index in [0.29, 0.717) is 23.6 Å². The average Bonchev–Trinajstić information content (AvgIpc) is 2.92. The van der Waals surface area contributed by atoms with E-state index in [0.717, 1.165) is 13.2 Å². The first-order chi connectivity index (χ1) is 11.0.